The van der Waals surface area contributed by atoms with Crippen molar-refractivity contribution in [1.29, 1.82) is 0 Å². The number of hydrogen-bond donors (Lipinski definition) is 1. The Balaban J connectivity index is 2.27. The van der Waals surface area contributed by atoms with E-state index in [0.29, 0.717) is 0 Å². The number of hydrogen-bond acceptors (Lipinski definition) is 2. The van der Waals surface area contributed by atoms with Crippen molar-refractivity contribution in [2.24, 2.45) is 5.41 Å². The van der Waals surface area contributed by atoms with E-state index in [9.17, 15) is 13.2 Å². The highest BCUT2D eigenvalue weighted by Gasteiger charge is 2.40. The minimum Gasteiger partial charge on any atom is -0.314 e. The summed E-state index contributed by atoms with van der Waals surface area (Å²) in [5.41, 5.74) is -0.757. The molecule has 1 saturated carbocycles. The van der Waals surface area contributed by atoms with Gasteiger partial charge in [0.1, 0.15) is 0 Å². The van der Waals surface area contributed by atoms with Crippen LogP contribution in [-0.2, 0) is 6.18 Å². The van der Waals surface area contributed by atoms with Crippen molar-refractivity contribution >= 4 is 0 Å². The third kappa shape index (κ3) is 2.78. The second-order valence-electron chi connectivity index (χ2n) is 5.89. The van der Waals surface area contributed by atoms with Crippen molar-refractivity contribution in [3.63, 3.8) is 0 Å². The smallest absolute Gasteiger partial charge is 0.314 e. The van der Waals surface area contributed by atoms with Gasteiger partial charge in [0.25, 0.3) is 0 Å². The number of likely N-dealkylation sites (N-methyl/N-ethyl adjacent to an activating group) is 1. The summed E-state index contributed by atoms with van der Waals surface area (Å²) in [7, 11) is 1.86. The molecule has 0 amide bonds. The third-order valence-corrected chi connectivity index (χ3v) is 4.10. The maximum absolute atomic E-state index is 12.6. The predicted molar refractivity (Wildman–Crippen MR) is 66.7 cm³/mol. The zero-order valence-electron chi connectivity index (χ0n) is 11.5. The minimum atomic E-state index is -4.37. The van der Waals surface area contributed by atoms with E-state index < -0.39 is 11.9 Å². The van der Waals surface area contributed by atoms with Gasteiger partial charge in [-0.1, -0.05) is 20.3 Å². The Morgan fingerprint density at radius 1 is 1.42 bits per heavy atom. The van der Waals surface area contributed by atoms with E-state index in [-0.39, 0.29) is 17.5 Å². The van der Waals surface area contributed by atoms with Crippen molar-refractivity contribution in [3.8, 4) is 0 Å². The fourth-order valence-electron chi connectivity index (χ4n) is 3.15. The Kier molecular flexibility index (Phi) is 3.64. The zero-order chi connectivity index (χ0) is 14.3. The first-order chi connectivity index (χ1) is 8.75. The molecule has 1 heterocycles. The first-order valence-electron chi connectivity index (χ1n) is 6.55. The lowest BCUT2D eigenvalue weighted by Crippen LogP contribution is -2.49. The molecule has 1 aromatic heterocycles. The van der Waals surface area contributed by atoms with Crippen LogP contribution in [0.15, 0.2) is 12.3 Å². The van der Waals surface area contributed by atoms with Gasteiger partial charge in [0, 0.05) is 12.2 Å². The van der Waals surface area contributed by atoms with Gasteiger partial charge in [0.2, 0.25) is 0 Å². The maximum atomic E-state index is 12.6. The van der Waals surface area contributed by atoms with Gasteiger partial charge in [0.05, 0.1) is 6.04 Å². The second-order valence-corrected chi connectivity index (χ2v) is 5.89. The summed E-state index contributed by atoms with van der Waals surface area (Å²) in [6, 6.07) is 1.15. The average molecular weight is 275 g/mol. The van der Waals surface area contributed by atoms with Gasteiger partial charge in [0.15, 0.2) is 5.69 Å². The molecule has 0 saturated heterocycles. The quantitative estimate of drug-likeness (QED) is 0.898. The lowest BCUT2D eigenvalue weighted by Gasteiger charge is -2.44. The molecular weight excluding hydrogens is 255 g/mol. The van der Waals surface area contributed by atoms with Crippen molar-refractivity contribution < 1.29 is 13.2 Å². The summed E-state index contributed by atoms with van der Waals surface area (Å²) >= 11 is 0. The standard InChI is InChI=1S/C13H20F3N3/c1-12(2)7-4-5-9(11(12)17-3)19-8-6-10(18-19)13(14,15)16/h6,8-9,11,17H,4-5,7H2,1-3H3. The molecule has 108 valence electrons. The summed E-state index contributed by atoms with van der Waals surface area (Å²) in [5, 5.41) is 6.97. The molecule has 19 heavy (non-hydrogen) atoms. The molecule has 1 aliphatic carbocycles. The van der Waals surface area contributed by atoms with E-state index in [1.165, 1.54) is 10.9 Å². The third-order valence-electron chi connectivity index (χ3n) is 4.10. The van der Waals surface area contributed by atoms with E-state index in [2.05, 4.69) is 24.3 Å². The Morgan fingerprint density at radius 3 is 2.63 bits per heavy atom. The number of nitrogens with one attached hydrogen (secondary N) is 1. The highest BCUT2D eigenvalue weighted by atomic mass is 19.4. The van der Waals surface area contributed by atoms with Gasteiger partial charge in [-0.3, -0.25) is 4.68 Å². The predicted octanol–water partition coefficient (Wildman–Crippen LogP) is 3.24. The van der Waals surface area contributed by atoms with Gasteiger partial charge in [-0.25, -0.2) is 0 Å². The average Bonchev–Trinajstić information content (AvgIpc) is 2.76. The Morgan fingerprint density at radius 2 is 2.11 bits per heavy atom. The largest absolute Gasteiger partial charge is 0.435 e. The molecule has 2 rings (SSSR count). The molecule has 1 N–H and O–H groups in total. The lowest BCUT2D eigenvalue weighted by molar-refractivity contribution is -0.141. The Hall–Kier alpha value is -1.04. The van der Waals surface area contributed by atoms with Gasteiger partial charge in [-0.05, 0) is 31.4 Å². The minimum absolute atomic E-state index is 0.0233. The molecule has 0 aliphatic heterocycles. The first kappa shape index (κ1) is 14.4. The summed E-state index contributed by atoms with van der Waals surface area (Å²) in [6.45, 7) is 4.29. The van der Waals surface area contributed by atoms with E-state index in [1.54, 1.807) is 0 Å². The van der Waals surface area contributed by atoms with Crippen LogP contribution in [0, 0.1) is 5.41 Å². The highest BCUT2D eigenvalue weighted by molar-refractivity contribution is 5.06. The molecule has 1 aliphatic rings. The zero-order valence-corrected chi connectivity index (χ0v) is 11.5. The van der Waals surface area contributed by atoms with Crippen LogP contribution in [0.2, 0.25) is 0 Å². The molecule has 0 bridgehead atoms. The van der Waals surface area contributed by atoms with Gasteiger partial charge < -0.3 is 5.32 Å². The number of nitrogens with zero attached hydrogens (tertiary/aromatic N) is 2. The monoisotopic (exact) mass is 275 g/mol. The maximum Gasteiger partial charge on any atom is 0.435 e. The SMILES string of the molecule is CNC1C(n2ccc(C(F)(F)F)n2)CCCC1(C)C. The van der Waals surface area contributed by atoms with Crippen molar-refractivity contribution in [2.45, 2.75) is 51.4 Å². The van der Waals surface area contributed by atoms with Crippen molar-refractivity contribution in [1.82, 2.24) is 15.1 Å². The van der Waals surface area contributed by atoms with Crippen molar-refractivity contribution in [3.05, 3.63) is 18.0 Å². The summed E-state index contributed by atoms with van der Waals surface area (Å²) in [5.74, 6) is 0. The van der Waals surface area contributed by atoms with Crippen LogP contribution < -0.4 is 5.32 Å². The fraction of sp³-hybridized carbons (Fsp3) is 0.769. The molecule has 6 heteroatoms. The van der Waals surface area contributed by atoms with E-state index >= 15 is 0 Å². The van der Waals surface area contributed by atoms with E-state index in [0.717, 1.165) is 25.3 Å². The number of rotatable bonds is 2. The molecule has 0 spiro atoms. The number of alkyl halides is 3. The summed E-state index contributed by atoms with van der Waals surface area (Å²) in [4.78, 5) is 0. The second kappa shape index (κ2) is 4.81. The van der Waals surface area contributed by atoms with Crippen LogP contribution in [0.3, 0.4) is 0 Å². The molecule has 0 aromatic carbocycles. The highest BCUT2D eigenvalue weighted by Crippen LogP contribution is 2.41. The van der Waals surface area contributed by atoms with Crippen LogP contribution in [0.25, 0.3) is 0 Å². The van der Waals surface area contributed by atoms with Crippen LogP contribution in [-0.4, -0.2) is 22.9 Å². The summed E-state index contributed by atoms with van der Waals surface area (Å²) < 4.78 is 39.3. The van der Waals surface area contributed by atoms with Gasteiger partial charge in [-0.2, -0.15) is 18.3 Å². The number of aromatic nitrogens is 2. The number of halogens is 3. The van der Waals surface area contributed by atoms with Gasteiger partial charge in [-0.15, -0.1) is 0 Å². The van der Waals surface area contributed by atoms with Gasteiger partial charge >= 0.3 is 6.18 Å². The molecule has 1 aromatic rings. The Bertz CT molecular complexity index is 437. The summed E-state index contributed by atoms with van der Waals surface area (Å²) in [6.07, 6.45) is 0.0111. The van der Waals surface area contributed by atoms with Crippen LogP contribution >= 0.6 is 0 Å². The van der Waals surface area contributed by atoms with Crippen LogP contribution in [0.1, 0.15) is 44.8 Å². The Labute approximate surface area is 111 Å². The fourth-order valence-corrected chi connectivity index (χ4v) is 3.15. The van der Waals surface area contributed by atoms with E-state index in [1.807, 2.05) is 7.05 Å². The normalized spacial score (nSPS) is 27.5. The molecule has 0 radical (unpaired) electrons. The first-order valence-corrected chi connectivity index (χ1v) is 6.55. The molecular formula is C13H20F3N3. The molecule has 2 unspecified atom stereocenters. The molecule has 1 fully saturated rings. The van der Waals surface area contributed by atoms with Crippen molar-refractivity contribution in [2.75, 3.05) is 7.05 Å². The van der Waals surface area contributed by atoms with Crippen LogP contribution in [0.5, 0.6) is 0 Å². The van der Waals surface area contributed by atoms with E-state index in [4.69, 9.17) is 0 Å². The lowest BCUT2D eigenvalue weighted by atomic mass is 9.71. The topological polar surface area (TPSA) is 29.9 Å². The molecule has 2 atom stereocenters. The van der Waals surface area contributed by atoms with Crippen LogP contribution in [0.4, 0.5) is 13.2 Å². The molecule has 3 nitrogen and oxygen atoms in total.